The number of piperazine rings is 2. The predicted molar refractivity (Wildman–Crippen MR) is 319 cm³/mol. The van der Waals surface area contributed by atoms with Gasteiger partial charge in [0.1, 0.15) is 16.8 Å². The minimum atomic E-state index is -6.48. The Labute approximate surface area is 517 Å². The van der Waals surface area contributed by atoms with Crippen LogP contribution in [-0.2, 0) is 36.0 Å². The molecule has 0 bridgehead atoms. The van der Waals surface area contributed by atoms with Crippen molar-refractivity contribution in [3.63, 3.8) is 0 Å². The zero-order valence-corrected chi connectivity index (χ0v) is 49.7. The first-order valence-electron chi connectivity index (χ1n) is 31.5. The lowest BCUT2D eigenvalue weighted by Crippen LogP contribution is -2.54. The Hall–Kier alpha value is -6.67. The van der Waals surface area contributed by atoms with Crippen LogP contribution in [0.5, 0.6) is 0 Å². The molecule has 3 saturated heterocycles. The van der Waals surface area contributed by atoms with E-state index in [1.54, 1.807) is 47.2 Å². The number of carbonyl (C=O) groups excluding carboxylic acids is 5. The monoisotopic (exact) mass is 1270 g/mol. The van der Waals surface area contributed by atoms with Crippen molar-refractivity contribution < 1.29 is 69.3 Å². The lowest BCUT2D eigenvalue weighted by Gasteiger charge is -2.39. The number of amides is 5. The van der Waals surface area contributed by atoms with E-state index in [1.807, 2.05) is 17.4 Å². The smallest absolute Gasteiger partial charge is 0.380 e. The predicted octanol–water partition coefficient (Wildman–Crippen LogP) is 8.86. The van der Waals surface area contributed by atoms with Crippen LogP contribution >= 0.6 is 23.4 Å². The summed E-state index contributed by atoms with van der Waals surface area (Å²) in [6.07, 6.45) is 1.80. The van der Waals surface area contributed by atoms with Crippen molar-refractivity contribution >= 4 is 89.7 Å². The van der Waals surface area contributed by atoms with Gasteiger partial charge in [-0.1, -0.05) is 67.4 Å². The van der Waals surface area contributed by atoms with Crippen LogP contribution in [-0.4, -0.2) is 155 Å². The Kier molecular flexibility index (Phi) is 15.6. The van der Waals surface area contributed by atoms with Crippen molar-refractivity contribution in [2.45, 2.75) is 91.2 Å². The molecule has 10 rings (SSSR count). The van der Waals surface area contributed by atoms with Crippen LogP contribution in [0.2, 0.25) is 5.02 Å². The summed E-state index contributed by atoms with van der Waals surface area (Å²) in [6, 6.07) is 22.7. The second-order valence-electron chi connectivity index (χ2n) is 22.1. The molecule has 5 amide bonds. The first-order valence-corrected chi connectivity index (χ1v) is 31.8. The molecule has 2 atom stereocenters. The fraction of sp³-hybridized carbons (Fsp3) is 0.393. The number of nitrogens with one attached hydrogen (secondary N) is 3. The SMILES string of the molecule is [2H]C1([2H])N(CC[C@H](CSc2ccccc2)Nc2ccc(S(=O)(=O)NC(=O)c3ccc(N4CCN(CC5=C(c6ccc(Cl)cc6)CCC(C)(C)C5)CC4)cc3)cc2S(=O)(=O)C(F)(F)F)C([2H])([2H])C([2H])([2H])N(Cc2ccc3c(c2F)C(=O)N(C2CCC(=O)NC2=O)C3=O)C1([2H])[2H]. The molecule has 5 aliphatic rings. The van der Waals surface area contributed by atoms with Gasteiger partial charge in [-0.05, 0) is 121 Å². The van der Waals surface area contributed by atoms with Crippen molar-refractivity contribution in [1.82, 2.24) is 29.6 Å². The fourth-order valence-corrected chi connectivity index (χ4v) is 14.1. The van der Waals surface area contributed by atoms with Gasteiger partial charge in [0.2, 0.25) is 11.8 Å². The van der Waals surface area contributed by atoms with Crippen LogP contribution < -0.4 is 20.3 Å². The molecule has 0 radical (unpaired) electrons. The maximum absolute atomic E-state index is 16.5. The Morgan fingerprint density at radius 1 is 0.826 bits per heavy atom. The molecule has 5 aromatic carbocycles. The lowest BCUT2D eigenvalue weighted by atomic mass is 9.73. The molecule has 0 aromatic heterocycles. The van der Waals surface area contributed by atoms with Crippen LogP contribution in [0.1, 0.15) is 106 Å². The summed E-state index contributed by atoms with van der Waals surface area (Å²) < 4.78 is 190. The third-order valence-corrected chi connectivity index (χ3v) is 19.9. The molecule has 456 valence electrons. The van der Waals surface area contributed by atoms with Gasteiger partial charge in [-0.15, -0.1) is 11.8 Å². The van der Waals surface area contributed by atoms with Gasteiger partial charge in [-0.2, -0.15) is 13.2 Å². The maximum Gasteiger partial charge on any atom is 0.501 e. The van der Waals surface area contributed by atoms with E-state index in [0.29, 0.717) is 34.0 Å². The van der Waals surface area contributed by atoms with E-state index >= 15 is 4.39 Å². The molecule has 1 unspecified atom stereocenters. The number of hydrogen-bond acceptors (Lipinski definition) is 15. The molecule has 3 fully saturated rings. The minimum absolute atomic E-state index is 0.0443. The largest absolute Gasteiger partial charge is 0.501 e. The van der Waals surface area contributed by atoms with Gasteiger partial charge >= 0.3 is 5.51 Å². The topological polar surface area (TPSA) is 206 Å². The van der Waals surface area contributed by atoms with Crippen LogP contribution in [0, 0.1) is 11.2 Å². The average molecular weight is 1270 g/mol. The highest BCUT2D eigenvalue weighted by atomic mass is 35.5. The first-order chi connectivity index (χ1) is 43.9. The number of nitrogens with zero attached hydrogens (tertiary/aromatic N) is 5. The number of allylic oxidation sites excluding steroid dienone is 1. The van der Waals surface area contributed by atoms with Gasteiger partial charge in [0.15, 0.2) is 0 Å². The Bertz CT molecular complexity index is 4070. The average Bonchev–Trinajstić information content (AvgIpc) is 0.792. The number of hydrogen-bond donors (Lipinski definition) is 3. The molecular weight excluding hydrogens is 1200 g/mol. The molecule has 5 aromatic rings. The van der Waals surface area contributed by atoms with Crippen molar-refractivity contribution in [3.8, 4) is 0 Å². The molecule has 4 heterocycles. The van der Waals surface area contributed by atoms with E-state index in [2.05, 4.69) is 41.1 Å². The van der Waals surface area contributed by atoms with Crippen LogP contribution in [0.15, 0.2) is 129 Å². The van der Waals surface area contributed by atoms with Crippen LogP contribution in [0.25, 0.3) is 5.57 Å². The number of halogens is 5. The first kappa shape index (κ1) is 52.5. The van der Waals surface area contributed by atoms with Crippen molar-refractivity contribution in [1.29, 1.82) is 0 Å². The third-order valence-electron chi connectivity index (χ3n) is 15.6. The molecule has 1 aliphatic carbocycles. The molecule has 0 saturated carbocycles. The summed E-state index contributed by atoms with van der Waals surface area (Å²) in [4.78, 5) is 68.1. The van der Waals surface area contributed by atoms with E-state index in [-0.39, 0.29) is 45.4 Å². The Morgan fingerprint density at radius 3 is 2.19 bits per heavy atom. The normalized spacial score (nSPS) is 23.3. The number of alkyl halides is 3. The highest BCUT2D eigenvalue weighted by Gasteiger charge is 2.49. The number of sulfonamides is 1. The second-order valence-corrected chi connectivity index (χ2v) is 27.3. The molecule has 3 N–H and O–H groups in total. The van der Waals surface area contributed by atoms with Crippen LogP contribution in [0.3, 0.4) is 0 Å². The number of benzene rings is 5. The van der Waals surface area contributed by atoms with Gasteiger partial charge in [0.05, 0.1) is 21.7 Å². The number of sulfone groups is 1. The number of anilines is 2. The number of thioether (sulfide) groups is 1. The zero-order valence-electron chi connectivity index (χ0n) is 54.5. The summed E-state index contributed by atoms with van der Waals surface area (Å²) in [5.74, 6) is -7.03. The minimum Gasteiger partial charge on any atom is -0.380 e. The highest BCUT2D eigenvalue weighted by molar-refractivity contribution is 7.99. The van der Waals surface area contributed by atoms with Crippen LogP contribution in [0.4, 0.5) is 28.9 Å². The maximum atomic E-state index is 16.5. The highest BCUT2D eigenvalue weighted by Crippen LogP contribution is 2.43. The van der Waals surface area contributed by atoms with E-state index in [9.17, 15) is 54.0 Å². The summed E-state index contributed by atoms with van der Waals surface area (Å²) in [5.41, 5.74) is -4.44. The molecule has 4 aliphatic heterocycles. The third kappa shape index (κ3) is 14.0. The van der Waals surface area contributed by atoms with E-state index < -0.39 is 150 Å². The molecule has 86 heavy (non-hydrogen) atoms. The Balaban J connectivity index is 0.850. The van der Waals surface area contributed by atoms with Crippen molar-refractivity contribution in [2.24, 2.45) is 5.41 Å². The van der Waals surface area contributed by atoms with Gasteiger partial charge in [-0.25, -0.2) is 25.9 Å². The summed E-state index contributed by atoms with van der Waals surface area (Å²) in [7, 11) is -11.6. The van der Waals surface area contributed by atoms with E-state index in [4.69, 9.17) is 22.6 Å². The van der Waals surface area contributed by atoms with Gasteiger partial charge in [-0.3, -0.25) is 44.0 Å². The molecule has 17 nitrogen and oxygen atoms in total. The fourth-order valence-electron chi connectivity index (χ4n) is 11.0. The van der Waals surface area contributed by atoms with E-state index in [1.165, 1.54) is 23.3 Å². The molecule has 0 spiro atoms. The van der Waals surface area contributed by atoms with Gasteiger partial charge in [0.25, 0.3) is 37.6 Å². The van der Waals surface area contributed by atoms with E-state index in [0.717, 1.165) is 80.1 Å². The van der Waals surface area contributed by atoms with Gasteiger partial charge in [0, 0.05) is 128 Å². The van der Waals surface area contributed by atoms with Crippen molar-refractivity contribution in [3.05, 3.63) is 153 Å². The van der Waals surface area contributed by atoms with Gasteiger partial charge < -0.3 is 15.1 Å². The molecule has 25 heteroatoms. The number of carbonyl (C=O) groups is 5. The Morgan fingerprint density at radius 2 is 1.51 bits per heavy atom. The quantitative estimate of drug-likeness (QED) is 0.0401. The number of rotatable bonds is 19. The summed E-state index contributed by atoms with van der Waals surface area (Å²) in [6.45, 7) is -8.64. The number of imide groups is 2. The second kappa shape index (κ2) is 25.6. The lowest BCUT2D eigenvalue weighted by molar-refractivity contribution is -0.136. The summed E-state index contributed by atoms with van der Waals surface area (Å²) >= 11 is 7.23. The zero-order chi connectivity index (χ0) is 68.5. The molecular formula is C61H65ClF4N8O9S3. The standard InChI is InChI=1S/C61H65ClF4N8O9S3/c1-60(2)24-22-48(39-8-13-43(62)14-9-39)42(35-60)37-72-30-32-73(33-31-72)45-15-10-40(11-16-45)56(76)69-86(82,83)47-17-19-50(52(34-47)85(80,81)61(64,65)66)67-44(38-84-46-6-4-3-5-7-46)23-25-70-26-28-71(29-27-70)36-41-12-18-49-54(55(41)63)59(79)74(58(49)78)51-20-21-53(75)68-57(51)77/h3-19,34,44,51,67H,20-33,35-38H2,1-2H3,(H,69,76)(H,68,75,77)/t44-,51?/m1/s1/i26D2,27D2,28D2,29D2. The summed E-state index contributed by atoms with van der Waals surface area (Å²) in [5, 5.41) is 5.31. The number of fused-ring (bicyclic) bond motifs is 1. The van der Waals surface area contributed by atoms with Crippen molar-refractivity contribution in [2.75, 3.05) is 81.2 Å². The number of piperidine rings is 1.